The third kappa shape index (κ3) is 2.07. The van der Waals surface area contributed by atoms with Gasteiger partial charge in [-0.25, -0.2) is 4.68 Å². The minimum absolute atomic E-state index is 0.154. The second-order valence-electron chi connectivity index (χ2n) is 3.25. The Morgan fingerprint density at radius 3 is 2.60 bits per heavy atom. The molecule has 15 heavy (non-hydrogen) atoms. The van der Waals surface area contributed by atoms with Crippen molar-refractivity contribution < 1.29 is 0 Å². The molecule has 0 spiro atoms. The van der Waals surface area contributed by atoms with Gasteiger partial charge in [-0.3, -0.25) is 0 Å². The lowest BCUT2D eigenvalue weighted by Crippen LogP contribution is -2.15. The molecular weight excluding hydrogens is 256 g/mol. The molecule has 0 fully saturated rings. The van der Waals surface area contributed by atoms with E-state index in [0.29, 0.717) is 0 Å². The van der Waals surface area contributed by atoms with E-state index in [1.807, 2.05) is 29.8 Å². The van der Waals surface area contributed by atoms with Crippen LogP contribution in [0.4, 0.5) is 0 Å². The Balaban J connectivity index is 2.37. The molecule has 5 heteroatoms. The van der Waals surface area contributed by atoms with Crippen molar-refractivity contribution in [2.45, 2.75) is 13.0 Å². The van der Waals surface area contributed by atoms with E-state index in [1.54, 1.807) is 0 Å². The van der Waals surface area contributed by atoms with Crippen LogP contribution in [0.25, 0.3) is 0 Å². The van der Waals surface area contributed by atoms with Gasteiger partial charge in [0.1, 0.15) is 5.82 Å². The molecular formula is C10H11BrN4. The molecule has 0 aliphatic heterocycles. The van der Waals surface area contributed by atoms with Crippen molar-refractivity contribution in [2.24, 2.45) is 0 Å². The number of rotatable bonds is 3. The first kappa shape index (κ1) is 10.3. The fourth-order valence-corrected chi connectivity index (χ4v) is 2.15. The smallest absolute Gasteiger partial charge is 0.148 e. The first-order chi connectivity index (χ1) is 7.33. The van der Waals surface area contributed by atoms with E-state index in [0.717, 1.165) is 11.2 Å². The molecule has 2 aromatic rings. The van der Waals surface area contributed by atoms with Gasteiger partial charge < -0.3 is 0 Å². The lowest BCUT2D eigenvalue weighted by atomic mass is 10.1. The van der Waals surface area contributed by atoms with Gasteiger partial charge >= 0.3 is 0 Å². The van der Waals surface area contributed by atoms with Gasteiger partial charge in [0.2, 0.25) is 0 Å². The van der Waals surface area contributed by atoms with Crippen LogP contribution in [0.2, 0.25) is 0 Å². The van der Waals surface area contributed by atoms with Crippen molar-refractivity contribution >= 4 is 15.9 Å². The lowest BCUT2D eigenvalue weighted by molar-refractivity contribution is 0.539. The van der Waals surface area contributed by atoms with E-state index in [4.69, 9.17) is 0 Å². The quantitative estimate of drug-likeness (QED) is 0.798. The van der Waals surface area contributed by atoms with E-state index in [9.17, 15) is 0 Å². The van der Waals surface area contributed by atoms with Crippen LogP contribution in [0.3, 0.4) is 0 Å². The van der Waals surface area contributed by atoms with Gasteiger partial charge in [0.05, 0.1) is 6.04 Å². The monoisotopic (exact) mass is 266 g/mol. The summed E-state index contributed by atoms with van der Waals surface area (Å²) in [6.07, 6.45) is 0. The Morgan fingerprint density at radius 2 is 2.07 bits per heavy atom. The highest BCUT2D eigenvalue weighted by Crippen LogP contribution is 2.19. The number of hydrogen-bond donors (Lipinski definition) is 0. The Hall–Kier alpha value is -1.23. The molecule has 1 atom stereocenters. The van der Waals surface area contributed by atoms with Gasteiger partial charge in [-0.05, 0) is 22.9 Å². The van der Waals surface area contributed by atoms with Gasteiger partial charge in [-0.15, -0.1) is 5.10 Å². The highest BCUT2D eigenvalue weighted by molar-refractivity contribution is 9.09. The van der Waals surface area contributed by atoms with E-state index in [1.165, 1.54) is 5.56 Å². The summed E-state index contributed by atoms with van der Waals surface area (Å²) < 4.78 is 1.82. The van der Waals surface area contributed by atoms with Crippen molar-refractivity contribution in [1.29, 1.82) is 0 Å². The number of aryl methyl sites for hydroxylation is 1. The highest BCUT2D eigenvalue weighted by Gasteiger charge is 2.15. The minimum Gasteiger partial charge on any atom is -0.222 e. The summed E-state index contributed by atoms with van der Waals surface area (Å²) in [6.45, 7) is 1.90. The molecule has 0 saturated carbocycles. The maximum atomic E-state index is 3.99. The standard InChI is InChI=1S/C10H11BrN4/c1-8-12-13-14-15(8)10(7-11)9-5-3-2-4-6-9/h2-6,10H,7H2,1H3. The Labute approximate surface area is 96.4 Å². The second kappa shape index (κ2) is 4.53. The van der Waals surface area contributed by atoms with Crippen LogP contribution in [-0.2, 0) is 0 Å². The molecule has 0 aliphatic carbocycles. The molecule has 0 aliphatic rings. The molecule has 78 valence electrons. The summed E-state index contributed by atoms with van der Waals surface area (Å²) >= 11 is 3.49. The van der Waals surface area contributed by atoms with Gasteiger partial charge in [0, 0.05) is 5.33 Å². The number of hydrogen-bond acceptors (Lipinski definition) is 3. The van der Waals surface area contributed by atoms with Crippen molar-refractivity contribution in [3.8, 4) is 0 Å². The molecule has 1 aromatic heterocycles. The van der Waals surface area contributed by atoms with Gasteiger partial charge in [-0.1, -0.05) is 46.3 Å². The zero-order valence-electron chi connectivity index (χ0n) is 8.34. The number of benzene rings is 1. The van der Waals surface area contributed by atoms with Crippen molar-refractivity contribution in [3.05, 3.63) is 41.7 Å². The topological polar surface area (TPSA) is 43.6 Å². The minimum atomic E-state index is 0.154. The summed E-state index contributed by atoms with van der Waals surface area (Å²) in [5, 5.41) is 12.3. The van der Waals surface area contributed by atoms with Crippen molar-refractivity contribution in [1.82, 2.24) is 20.2 Å². The molecule has 0 N–H and O–H groups in total. The summed E-state index contributed by atoms with van der Waals surface area (Å²) in [5.41, 5.74) is 1.20. The summed E-state index contributed by atoms with van der Waals surface area (Å²) in [4.78, 5) is 0. The predicted molar refractivity (Wildman–Crippen MR) is 60.9 cm³/mol. The number of nitrogens with zero attached hydrogens (tertiary/aromatic N) is 4. The SMILES string of the molecule is Cc1nnnn1C(CBr)c1ccccc1. The molecule has 1 heterocycles. The Bertz CT molecular complexity index is 426. The largest absolute Gasteiger partial charge is 0.222 e. The number of alkyl halides is 1. The molecule has 0 bridgehead atoms. The summed E-state index contributed by atoms with van der Waals surface area (Å²) in [5.74, 6) is 0.823. The van der Waals surface area contributed by atoms with Crippen molar-refractivity contribution in [2.75, 3.05) is 5.33 Å². The predicted octanol–water partition coefficient (Wildman–Crippen LogP) is 1.97. The summed E-state index contributed by atoms with van der Waals surface area (Å²) in [6, 6.07) is 10.3. The third-order valence-electron chi connectivity index (χ3n) is 2.28. The molecule has 0 saturated heterocycles. The van der Waals surface area contributed by atoms with Crippen LogP contribution < -0.4 is 0 Å². The van der Waals surface area contributed by atoms with E-state index >= 15 is 0 Å². The van der Waals surface area contributed by atoms with Crippen LogP contribution >= 0.6 is 15.9 Å². The molecule has 0 amide bonds. The summed E-state index contributed by atoms with van der Waals surface area (Å²) in [7, 11) is 0. The lowest BCUT2D eigenvalue weighted by Gasteiger charge is -2.14. The maximum Gasteiger partial charge on any atom is 0.148 e. The third-order valence-corrected chi connectivity index (χ3v) is 2.90. The fourth-order valence-electron chi connectivity index (χ4n) is 1.50. The van der Waals surface area contributed by atoms with Crippen LogP contribution in [-0.4, -0.2) is 25.5 Å². The van der Waals surface area contributed by atoms with Crippen LogP contribution in [0, 0.1) is 6.92 Å². The maximum absolute atomic E-state index is 3.99. The van der Waals surface area contributed by atoms with Gasteiger partial charge in [0.25, 0.3) is 0 Å². The van der Waals surface area contributed by atoms with E-state index in [2.05, 4.69) is 43.6 Å². The van der Waals surface area contributed by atoms with E-state index < -0.39 is 0 Å². The average Bonchev–Trinajstić information content (AvgIpc) is 2.68. The fraction of sp³-hybridized carbons (Fsp3) is 0.300. The van der Waals surface area contributed by atoms with Gasteiger partial charge in [-0.2, -0.15) is 0 Å². The zero-order valence-corrected chi connectivity index (χ0v) is 9.92. The molecule has 2 rings (SSSR count). The van der Waals surface area contributed by atoms with Crippen LogP contribution in [0.5, 0.6) is 0 Å². The normalized spacial score (nSPS) is 12.7. The molecule has 4 nitrogen and oxygen atoms in total. The number of aromatic nitrogens is 4. The Kier molecular flexibility index (Phi) is 3.11. The zero-order chi connectivity index (χ0) is 10.7. The second-order valence-corrected chi connectivity index (χ2v) is 3.90. The highest BCUT2D eigenvalue weighted by atomic mass is 79.9. The van der Waals surface area contributed by atoms with Crippen LogP contribution in [0.15, 0.2) is 30.3 Å². The first-order valence-corrected chi connectivity index (χ1v) is 5.80. The number of halogens is 1. The van der Waals surface area contributed by atoms with Crippen LogP contribution in [0.1, 0.15) is 17.4 Å². The van der Waals surface area contributed by atoms with E-state index in [-0.39, 0.29) is 6.04 Å². The first-order valence-electron chi connectivity index (χ1n) is 4.68. The number of tetrazole rings is 1. The molecule has 1 aromatic carbocycles. The van der Waals surface area contributed by atoms with Gasteiger partial charge in [0.15, 0.2) is 0 Å². The molecule has 1 unspecified atom stereocenters. The average molecular weight is 267 g/mol. The van der Waals surface area contributed by atoms with Crippen molar-refractivity contribution in [3.63, 3.8) is 0 Å². The Morgan fingerprint density at radius 1 is 1.33 bits per heavy atom. The molecule has 0 radical (unpaired) electrons.